The Kier molecular flexibility index (Phi) is 6.97. The summed E-state index contributed by atoms with van der Waals surface area (Å²) < 4.78 is 133. The van der Waals surface area contributed by atoms with Gasteiger partial charge in [-0.15, -0.1) is 0 Å². The molecule has 0 aliphatic heterocycles. The number of alkyl halides is 9. The van der Waals surface area contributed by atoms with Gasteiger partial charge in [0.05, 0.1) is 0 Å². The number of hydrogen-bond donors (Lipinski definition) is 0. The summed E-state index contributed by atoms with van der Waals surface area (Å²) >= 11 is 0. The van der Waals surface area contributed by atoms with Gasteiger partial charge < -0.3 is 17.7 Å². The Labute approximate surface area is 136 Å². The van der Waals surface area contributed by atoms with Crippen molar-refractivity contribution >= 4 is 15.0 Å². The molecule has 5 nitrogen and oxygen atoms in total. The lowest BCUT2D eigenvalue weighted by atomic mass is 9.93. The third-order valence-corrected chi connectivity index (χ3v) is 4.99. The molecule has 0 heterocycles. The quantitative estimate of drug-likeness (QED) is 0.453. The SMILES string of the molecule is CO[Si](OC)(OC)OC(=O)C(C)C(F)(F)C(F)(F)C(F)(F)C(F)(F)F. The van der Waals surface area contributed by atoms with Crippen LogP contribution in [0, 0.1) is 5.92 Å². The molecule has 0 radical (unpaired) electrons. The molecule has 0 amide bonds. The van der Waals surface area contributed by atoms with E-state index in [1.165, 1.54) is 0 Å². The first-order chi connectivity index (χ1) is 11.0. The fourth-order valence-corrected chi connectivity index (χ4v) is 2.57. The summed E-state index contributed by atoms with van der Waals surface area (Å²) in [4.78, 5) is 11.5. The molecule has 0 bridgehead atoms. The van der Waals surface area contributed by atoms with Crippen molar-refractivity contribution in [1.29, 1.82) is 0 Å². The first kappa shape index (κ1) is 23.9. The zero-order chi connectivity index (χ0) is 20.5. The van der Waals surface area contributed by atoms with E-state index in [1.807, 2.05) is 0 Å². The van der Waals surface area contributed by atoms with Gasteiger partial charge in [0.1, 0.15) is 5.92 Å². The zero-order valence-corrected chi connectivity index (χ0v) is 14.0. The molecule has 0 saturated heterocycles. The number of rotatable bonds is 8. The van der Waals surface area contributed by atoms with E-state index >= 15 is 0 Å². The molecule has 0 aliphatic rings. The molecule has 0 aliphatic carbocycles. The molecule has 1 atom stereocenters. The summed E-state index contributed by atoms with van der Waals surface area (Å²) in [5.74, 6) is -25.9. The van der Waals surface area contributed by atoms with Crippen LogP contribution in [-0.2, 0) is 22.5 Å². The molecule has 0 spiro atoms. The highest BCUT2D eigenvalue weighted by Crippen LogP contribution is 2.55. The number of hydrogen-bond acceptors (Lipinski definition) is 5. The third kappa shape index (κ3) is 4.03. The maximum atomic E-state index is 13.6. The van der Waals surface area contributed by atoms with Crippen LogP contribution in [0.3, 0.4) is 0 Å². The highest BCUT2D eigenvalue weighted by atomic mass is 28.4. The molecule has 25 heavy (non-hydrogen) atoms. The van der Waals surface area contributed by atoms with E-state index in [0.29, 0.717) is 0 Å². The molecular weight excluding hydrogens is 399 g/mol. The van der Waals surface area contributed by atoms with Gasteiger partial charge >= 0.3 is 39.0 Å². The Morgan fingerprint density at radius 3 is 1.44 bits per heavy atom. The number of carbonyl (C=O) groups excluding carboxylic acids is 1. The van der Waals surface area contributed by atoms with Crippen LogP contribution in [0.25, 0.3) is 0 Å². The van der Waals surface area contributed by atoms with Crippen LogP contribution in [0.5, 0.6) is 0 Å². The highest BCUT2D eigenvalue weighted by Gasteiger charge is 2.83. The second-order valence-electron chi connectivity index (χ2n) is 4.52. The largest absolute Gasteiger partial charge is 0.750 e. The van der Waals surface area contributed by atoms with Crippen molar-refractivity contribution in [3.8, 4) is 0 Å². The van der Waals surface area contributed by atoms with E-state index in [-0.39, 0.29) is 6.92 Å². The maximum Gasteiger partial charge on any atom is 0.750 e. The van der Waals surface area contributed by atoms with Crippen molar-refractivity contribution in [2.24, 2.45) is 5.92 Å². The summed E-state index contributed by atoms with van der Waals surface area (Å²) in [5, 5.41) is 0. The van der Waals surface area contributed by atoms with Crippen molar-refractivity contribution in [2.75, 3.05) is 21.3 Å². The predicted molar refractivity (Wildman–Crippen MR) is 62.9 cm³/mol. The summed E-state index contributed by atoms with van der Waals surface area (Å²) in [6.45, 7) is -0.0250. The van der Waals surface area contributed by atoms with Gasteiger partial charge in [-0.25, -0.2) is 0 Å². The first-order valence-electron chi connectivity index (χ1n) is 6.06. The molecule has 150 valence electrons. The standard InChI is InChI=1S/C10H13F9O5Si/c1-5(6(20)24-25(21-2,22-3)23-4)7(11,12)8(13,14)9(15,16)10(17,18)19/h5H,1-4H3. The molecule has 0 N–H and O–H groups in total. The topological polar surface area (TPSA) is 54.0 Å². The van der Waals surface area contributed by atoms with E-state index < -0.39 is 44.9 Å². The third-order valence-electron chi connectivity index (χ3n) is 3.04. The Morgan fingerprint density at radius 1 is 0.800 bits per heavy atom. The van der Waals surface area contributed by atoms with Crippen molar-refractivity contribution in [3.05, 3.63) is 0 Å². The van der Waals surface area contributed by atoms with Gasteiger partial charge in [-0.2, -0.15) is 39.5 Å². The van der Waals surface area contributed by atoms with Crippen LogP contribution in [0.1, 0.15) is 6.92 Å². The molecule has 0 aromatic carbocycles. The summed E-state index contributed by atoms with van der Waals surface area (Å²) in [6, 6.07) is 0. The summed E-state index contributed by atoms with van der Waals surface area (Å²) in [7, 11) is -1.94. The van der Waals surface area contributed by atoms with Crippen molar-refractivity contribution in [2.45, 2.75) is 30.9 Å². The lowest BCUT2D eigenvalue weighted by molar-refractivity contribution is -0.401. The van der Waals surface area contributed by atoms with Crippen LogP contribution >= 0.6 is 0 Å². The predicted octanol–water partition coefficient (Wildman–Crippen LogP) is 3.01. The van der Waals surface area contributed by atoms with Crippen LogP contribution in [0.2, 0.25) is 0 Å². The van der Waals surface area contributed by atoms with Gasteiger partial charge in [-0.1, -0.05) is 0 Å². The van der Waals surface area contributed by atoms with Gasteiger partial charge in [0, 0.05) is 21.3 Å². The molecule has 0 fully saturated rings. The molecule has 15 heteroatoms. The van der Waals surface area contributed by atoms with E-state index in [9.17, 15) is 44.3 Å². The molecular formula is C10H13F9O5Si. The average Bonchev–Trinajstić information content (AvgIpc) is 2.50. The van der Waals surface area contributed by atoms with Gasteiger partial charge in [0.25, 0.3) is 0 Å². The van der Waals surface area contributed by atoms with Crippen LogP contribution in [0.4, 0.5) is 39.5 Å². The molecule has 0 saturated carbocycles. The minimum absolute atomic E-state index is 0.0250. The Bertz CT molecular complexity index is 470. The van der Waals surface area contributed by atoms with E-state index in [1.54, 1.807) is 0 Å². The molecule has 1 unspecified atom stereocenters. The second-order valence-corrected chi connectivity index (χ2v) is 6.95. The van der Waals surface area contributed by atoms with E-state index in [0.717, 1.165) is 21.3 Å². The zero-order valence-electron chi connectivity index (χ0n) is 13.0. The molecule has 0 rings (SSSR count). The van der Waals surface area contributed by atoms with Crippen LogP contribution in [0.15, 0.2) is 0 Å². The van der Waals surface area contributed by atoms with E-state index in [2.05, 4.69) is 17.7 Å². The van der Waals surface area contributed by atoms with Gasteiger partial charge in [0.15, 0.2) is 0 Å². The Morgan fingerprint density at radius 2 is 1.16 bits per heavy atom. The Hall–Kier alpha value is -1.06. The van der Waals surface area contributed by atoms with Crippen molar-refractivity contribution < 1.29 is 62.0 Å². The monoisotopic (exact) mass is 412 g/mol. The highest BCUT2D eigenvalue weighted by molar-refractivity contribution is 6.55. The van der Waals surface area contributed by atoms with Crippen molar-refractivity contribution in [1.82, 2.24) is 0 Å². The second kappa shape index (κ2) is 7.28. The summed E-state index contributed by atoms with van der Waals surface area (Å²) in [5.41, 5.74) is 0. The van der Waals surface area contributed by atoms with E-state index in [4.69, 9.17) is 0 Å². The smallest absolute Gasteiger partial charge is 0.451 e. The number of carbonyl (C=O) groups is 1. The van der Waals surface area contributed by atoms with Gasteiger partial charge in [-0.3, -0.25) is 4.79 Å². The fourth-order valence-electron chi connectivity index (χ4n) is 1.39. The van der Waals surface area contributed by atoms with Gasteiger partial charge in [-0.05, 0) is 6.92 Å². The fraction of sp³-hybridized carbons (Fsp3) is 0.900. The molecule has 0 aromatic rings. The van der Waals surface area contributed by atoms with Crippen LogP contribution < -0.4 is 0 Å². The Balaban J connectivity index is 5.75. The van der Waals surface area contributed by atoms with Crippen LogP contribution in [-0.4, -0.2) is 60.3 Å². The lowest BCUT2D eigenvalue weighted by Gasteiger charge is -2.36. The normalized spacial score (nSPS) is 15.9. The maximum absolute atomic E-state index is 13.6. The molecule has 0 aromatic heterocycles. The lowest BCUT2D eigenvalue weighted by Crippen LogP contribution is -2.64. The minimum Gasteiger partial charge on any atom is -0.451 e. The van der Waals surface area contributed by atoms with Gasteiger partial charge in [0.2, 0.25) is 0 Å². The minimum atomic E-state index is -7.11. The number of halogens is 9. The first-order valence-corrected chi connectivity index (χ1v) is 7.69. The summed E-state index contributed by atoms with van der Waals surface area (Å²) in [6.07, 6.45) is -6.99. The average molecular weight is 412 g/mol. The van der Waals surface area contributed by atoms with Crippen molar-refractivity contribution in [3.63, 3.8) is 0 Å².